The summed E-state index contributed by atoms with van der Waals surface area (Å²) < 4.78 is 30.3. The summed E-state index contributed by atoms with van der Waals surface area (Å²) in [7, 11) is -3.91. The molecule has 0 fully saturated rings. The summed E-state index contributed by atoms with van der Waals surface area (Å²) >= 11 is 6.18. The molecule has 0 unspecified atom stereocenters. The molecule has 0 aliphatic carbocycles. The molecule has 168 valence electrons. The first-order valence-corrected chi connectivity index (χ1v) is 11.6. The molecule has 9 nitrogen and oxygen atoms in total. The topological polar surface area (TPSA) is 111 Å². The zero-order valence-electron chi connectivity index (χ0n) is 17.5. The Kier molecular flexibility index (Phi) is 6.38. The summed E-state index contributed by atoms with van der Waals surface area (Å²) in [6, 6.07) is 14.6. The summed E-state index contributed by atoms with van der Waals surface area (Å²) in [5.41, 5.74) is 3.08. The lowest BCUT2D eigenvalue weighted by Gasteiger charge is -2.13. The van der Waals surface area contributed by atoms with Crippen LogP contribution < -0.4 is 4.72 Å². The molecule has 33 heavy (non-hydrogen) atoms. The summed E-state index contributed by atoms with van der Waals surface area (Å²) in [5, 5.41) is 12.5. The molecule has 0 saturated heterocycles. The van der Waals surface area contributed by atoms with E-state index in [2.05, 4.69) is 31.8 Å². The molecular weight excluding hydrogens is 464 g/mol. The Morgan fingerprint density at radius 1 is 1.24 bits per heavy atom. The maximum Gasteiger partial charge on any atom is 0.261 e. The van der Waals surface area contributed by atoms with Gasteiger partial charge < -0.3 is 4.84 Å². The van der Waals surface area contributed by atoms with Gasteiger partial charge in [-0.2, -0.15) is 0 Å². The van der Waals surface area contributed by atoms with Crippen molar-refractivity contribution in [2.24, 2.45) is 5.16 Å². The fourth-order valence-electron chi connectivity index (χ4n) is 3.03. The average Bonchev–Trinajstić information content (AvgIpc) is 3.24. The van der Waals surface area contributed by atoms with Crippen molar-refractivity contribution in [2.45, 2.75) is 11.8 Å². The second-order valence-corrected chi connectivity index (χ2v) is 9.02. The molecule has 0 amide bonds. The number of nitrogens with zero attached hydrogens (tertiary/aromatic N) is 5. The molecule has 2 heterocycles. The lowest BCUT2D eigenvalue weighted by Crippen LogP contribution is -2.15. The number of hydrogen-bond acceptors (Lipinski definition) is 7. The molecule has 2 aromatic carbocycles. The lowest BCUT2D eigenvalue weighted by molar-refractivity contribution is 0.175. The average molecular weight is 483 g/mol. The van der Waals surface area contributed by atoms with Crippen molar-refractivity contribution in [1.29, 1.82) is 0 Å². The molecule has 0 spiro atoms. The minimum atomic E-state index is -3.91. The minimum absolute atomic E-state index is 0.0806. The quantitative estimate of drug-likeness (QED) is 0.174. The Labute approximate surface area is 195 Å². The molecule has 2 aromatic heterocycles. The maximum absolute atomic E-state index is 13.1. The third kappa shape index (κ3) is 4.86. The number of fused-ring (bicyclic) bond motifs is 1. The fourth-order valence-corrected chi connectivity index (χ4v) is 4.27. The van der Waals surface area contributed by atoms with E-state index in [0.717, 1.165) is 5.56 Å². The van der Waals surface area contributed by atoms with E-state index in [9.17, 15) is 8.42 Å². The van der Waals surface area contributed by atoms with Crippen LogP contribution in [0.3, 0.4) is 0 Å². The highest BCUT2D eigenvalue weighted by molar-refractivity contribution is 7.92. The van der Waals surface area contributed by atoms with Crippen molar-refractivity contribution in [1.82, 2.24) is 20.0 Å². The van der Waals surface area contributed by atoms with Gasteiger partial charge in [-0.25, -0.2) is 18.1 Å². The van der Waals surface area contributed by atoms with E-state index in [1.165, 1.54) is 16.8 Å². The first-order valence-electron chi connectivity index (χ1n) is 9.76. The normalized spacial score (nSPS) is 12.0. The smallest absolute Gasteiger partial charge is 0.261 e. The lowest BCUT2D eigenvalue weighted by atomic mass is 10.1. The standard InChI is InChI=1S/C22H19ClN6O3S/c1-3-13-32-26-15(2)16-6-9-18(10-7-16)33(30,31)27-19-11-8-17(23)14-21(19)29-20-5-4-12-24-22(20)25-28-29/h3-12,14,27H,1,13H2,2H3/b26-15+. The van der Waals surface area contributed by atoms with Gasteiger partial charge in [-0.3, -0.25) is 4.72 Å². The van der Waals surface area contributed by atoms with Crippen molar-refractivity contribution < 1.29 is 13.3 Å². The van der Waals surface area contributed by atoms with Gasteiger partial charge in [0.25, 0.3) is 10.0 Å². The summed E-state index contributed by atoms with van der Waals surface area (Å²) in [4.78, 5) is 9.31. The Balaban J connectivity index is 1.65. The number of sulfonamides is 1. The number of rotatable bonds is 8. The third-order valence-electron chi connectivity index (χ3n) is 4.63. The Bertz CT molecular complexity index is 1450. The third-order valence-corrected chi connectivity index (χ3v) is 6.25. The van der Waals surface area contributed by atoms with Gasteiger partial charge in [-0.1, -0.05) is 46.8 Å². The van der Waals surface area contributed by atoms with Gasteiger partial charge in [-0.15, -0.1) is 5.10 Å². The number of benzene rings is 2. The van der Waals surface area contributed by atoms with E-state index >= 15 is 0 Å². The molecule has 0 saturated carbocycles. The van der Waals surface area contributed by atoms with Crippen molar-refractivity contribution in [3.63, 3.8) is 0 Å². The van der Waals surface area contributed by atoms with Gasteiger partial charge in [0.1, 0.15) is 12.1 Å². The van der Waals surface area contributed by atoms with Gasteiger partial charge in [-0.05, 0) is 55.0 Å². The number of halogens is 1. The van der Waals surface area contributed by atoms with E-state index in [4.69, 9.17) is 16.4 Å². The highest BCUT2D eigenvalue weighted by atomic mass is 35.5. The first kappa shape index (κ1) is 22.4. The second-order valence-electron chi connectivity index (χ2n) is 6.90. The number of pyridine rings is 1. The highest BCUT2D eigenvalue weighted by Crippen LogP contribution is 2.28. The molecule has 4 rings (SSSR count). The van der Waals surface area contributed by atoms with Crippen LogP contribution >= 0.6 is 11.6 Å². The Morgan fingerprint density at radius 3 is 2.79 bits per heavy atom. The van der Waals surface area contributed by atoms with Crippen LogP contribution in [0.5, 0.6) is 0 Å². The van der Waals surface area contributed by atoms with Crippen LogP contribution in [-0.2, 0) is 14.9 Å². The van der Waals surface area contributed by atoms with Gasteiger partial charge in [0.2, 0.25) is 5.65 Å². The second kappa shape index (κ2) is 9.39. The first-order chi connectivity index (χ1) is 15.9. The van der Waals surface area contributed by atoms with Crippen LogP contribution in [0.2, 0.25) is 5.02 Å². The predicted molar refractivity (Wildman–Crippen MR) is 127 cm³/mol. The van der Waals surface area contributed by atoms with Crippen molar-refractivity contribution in [3.8, 4) is 5.69 Å². The van der Waals surface area contributed by atoms with Gasteiger partial charge in [0, 0.05) is 11.2 Å². The van der Waals surface area contributed by atoms with Crippen molar-refractivity contribution in [3.05, 3.63) is 84.0 Å². The van der Waals surface area contributed by atoms with Gasteiger partial charge in [0.05, 0.1) is 22.0 Å². The molecule has 0 bridgehead atoms. The summed E-state index contributed by atoms with van der Waals surface area (Å²) in [6.45, 7) is 5.61. The van der Waals surface area contributed by atoms with E-state index < -0.39 is 10.0 Å². The summed E-state index contributed by atoms with van der Waals surface area (Å²) in [5.74, 6) is 0. The zero-order chi connectivity index (χ0) is 23.4. The Morgan fingerprint density at radius 2 is 2.03 bits per heavy atom. The monoisotopic (exact) mass is 482 g/mol. The number of oxime groups is 1. The van der Waals surface area contributed by atoms with Crippen LogP contribution in [0, 0.1) is 0 Å². The molecule has 0 radical (unpaired) electrons. The predicted octanol–water partition coefficient (Wildman–Crippen LogP) is 4.20. The van der Waals surface area contributed by atoms with Gasteiger partial charge >= 0.3 is 0 Å². The minimum Gasteiger partial charge on any atom is -0.391 e. The number of hydrogen-bond donors (Lipinski definition) is 1. The Hall–Kier alpha value is -3.76. The highest BCUT2D eigenvalue weighted by Gasteiger charge is 2.19. The molecule has 0 aliphatic heterocycles. The van der Waals surface area contributed by atoms with Gasteiger partial charge in [0.15, 0.2) is 0 Å². The number of anilines is 1. The SMILES string of the molecule is C=CCO/N=C(\C)c1ccc(S(=O)(=O)Nc2ccc(Cl)cc2-n2nnc3ncccc32)cc1. The van der Waals surface area contributed by atoms with Crippen molar-refractivity contribution in [2.75, 3.05) is 11.3 Å². The molecule has 1 N–H and O–H groups in total. The molecule has 11 heteroatoms. The fraction of sp³-hybridized carbons (Fsp3) is 0.0909. The largest absolute Gasteiger partial charge is 0.391 e. The van der Waals surface area contributed by atoms with Crippen LogP contribution in [-0.4, -0.2) is 40.7 Å². The van der Waals surface area contributed by atoms with E-state index in [-0.39, 0.29) is 17.2 Å². The van der Waals surface area contributed by atoms with Crippen LogP contribution in [0.25, 0.3) is 16.9 Å². The van der Waals surface area contributed by atoms with E-state index in [0.29, 0.717) is 27.6 Å². The van der Waals surface area contributed by atoms with E-state index in [1.807, 2.05) is 0 Å². The summed E-state index contributed by atoms with van der Waals surface area (Å²) in [6.07, 6.45) is 3.19. The number of aromatic nitrogens is 4. The maximum atomic E-state index is 13.1. The van der Waals surface area contributed by atoms with Crippen LogP contribution in [0.1, 0.15) is 12.5 Å². The molecule has 0 aliphatic rings. The van der Waals surface area contributed by atoms with Crippen LogP contribution in [0.15, 0.2) is 83.5 Å². The molecule has 0 atom stereocenters. The zero-order valence-corrected chi connectivity index (χ0v) is 19.1. The molecular formula is C22H19ClN6O3S. The van der Waals surface area contributed by atoms with Crippen molar-refractivity contribution >= 4 is 44.2 Å². The van der Waals surface area contributed by atoms with E-state index in [1.54, 1.807) is 61.7 Å². The number of nitrogens with one attached hydrogen (secondary N) is 1. The molecule has 4 aromatic rings. The van der Waals surface area contributed by atoms with Crippen LogP contribution in [0.4, 0.5) is 5.69 Å².